The second-order valence-corrected chi connectivity index (χ2v) is 24.5. The molecule has 474 valence electrons. The van der Waals surface area contributed by atoms with Gasteiger partial charge in [0.15, 0.2) is 6.10 Å². The van der Waals surface area contributed by atoms with Crippen LogP contribution < -0.4 is 0 Å². The van der Waals surface area contributed by atoms with E-state index >= 15 is 0 Å². The number of carbonyl (C=O) groups excluding carboxylic acids is 3. The number of esters is 3. The quantitative estimate of drug-likeness (QED) is 0.0261. The zero-order chi connectivity index (χ0) is 58.5. The summed E-state index contributed by atoms with van der Waals surface area (Å²) in [5, 5.41) is 0. The Balaban J connectivity index is 4.25. The molecule has 0 spiro atoms. The summed E-state index contributed by atoms with van der Waals surface area (Å²) in [6, 6.07) is 0. The molecule has 6 heteroatoms. The lowest BCUT2D eigenvalue weighted by Crippen LogP contribution is -2.30. The van der Waals surface area contributed by atoms with Crippen molar-refractivity contribution in [3.05, 3.63) is 48.6 Å². The maximum Gasteiger partial charge on any atom is 0.306 e. The molecule has 0 heterocycles. The molecule has 0 N–H and O–H groups in total. The molecule has 81 heavy (non-hydrogen) atoms. The van der Waals surface area contributed by atoms with E-state index in [2.05, 4.69) is 69.4 Å². The van der Waals surface area contributed by atoms with E-state index in [1.165, 1.54) is 270 Å². The molecule has 0 aliphatic carbocycles. The van der Waals surface area contributed by atoms with Crippen molar-refractivity contribution in [3.63, 3.8) is 0 Å². The van der Waals surface area contributed by atoms with Gasteiger partial charge in [-0.15, -0.1) is 0 Å². The van der Waals surface area contributed by atoms with Crippen LogP contribution in [0.4, 0.5) is 0 Å². The maximum atomic E-state index is 13.0. The topological polar surface area (TPSA) is 78.9 Å². The Labute approximate surface area is 505 Å². The number of carbonyl (C=O) groups is 3. The Morgan fingerprint density at radius 1 is 0.259 bits per heavy atom. The third-order valence-electron chi connectivity index (χ3n) is 16.3. The summed E-state index contributed by atoms with van der Waals surface area (Å²) in [6.45, 7) is 6.61. The van der Waals surface area contributed by atoms with Crippen LogP contribution in [-0.4, -0.2) is 37.2 Å². The van der Waals surface area contributed by atoms with Crippen molar-refractivity contribution in [1.29, 1.82) is 0 Å². The van der Waals surface area contributed by atoms with E-state index in [4.69, 9.17) is 14.2 Å². The average molecular weight is 1140 g/mol. The number of allylic oxidation sites excluding steroid dienone is 8. The van der Waals surface area contributed by atoms with Crippen LogP contribution in [0.1, 0.15) is 393 Å². The van der Waals surface area contributed by atoms with E-state index in [1.54, 1.807) is 0 Å². The minimum absolute atomic E-state index is 0.0658. The van der Waals surface area contributed by atoms with Gasteiger partial charge in [0, 0.05) is 19.3 Å². The van der Waals surface area contributed by atoms with Gasteiger partial charge < -0.3 is 14.2 Å². The first-order chi connectivity index (χ1) is 40.0. The molecule has 0 aromatic rings. The molecule has 0 rings (SSSR count). The highest BCUT2D eigenvalue weighted by Gasteiger charge is 2.19. The smallest absolute Gasteiger partial charge is 0.306 e. The summed E-state index contributed by atoms with van der Waals surface area (Å²) in [6.07, 6.45) is 88.5. The Hall–Kier alpha value is -2.63. The lowest BCUT2D eigenvalue weighted by atomic mass is 10.0. The van der Waals surface area contributed by atoms with Crippen LogP contribution >= 0.6 is 0 Å². The van der Waals surface area contributed by atoms with Gasteiger partial charge in [0.1, 0.15) is 13.2 Å². The largest absolute Gasteiger partial charge is 0.462 e. The lowest BCUT2D eigenvalue weighted by Gasteiger charge is -2.18. The Kier molecular flexibility index (Phi) is 67.6. The fraction of sp³-hybridized carbons (Fsp3) is 0.853. The van der Waals surface area contributed by atoms with Crippen molar-refractivity contribution >= 4 is 17.9 Å². The van der Waals surface area contributed by atoms with Crippen LogP contribution in [0, 0.1) is 0 Å². The van der Waals surface area contributed by atoms with E-state index < -0.39 is 6.10 Å². The van der Waals surface area contributed by atoms with E-state index in [0.717, 1.165) is 83.5 Å². The van der Waals surface area contributed by atoms with Crippen LogP contribution in [0.15, 0.2) is 48.6 Å². The molecule has 1 unspecified atom stereocenters. The summed E-state index contributed by atoms with van der Waals surface area (Å²) in [5.74, 6) is -0.834. The van der Waals surface area contributed by atoms with Crippen molar-refractivity contribution in [2.24, 2.45) is 0 Å². The summed E-state index contributed by atoms with van der Waals surface area (Å²) >= 11 is 0. The predicted molar refractivity (Wildman–Crippen MR) is 353 cm³/mol. The molecule has 0 radical (unpaired) electrons. The first-order valence-electron chi connectivity index (χ1n) is 36.1. The molecule has 0 aromatic carbocycles. The molecule has 0 bridgehead atoms. The zero-order valence-electron chi connectivity index (χ0n) is 54.6. The SMILES string of the molecule is CC/C=C\C/C=C\C/C=C\C/C=C\CCCCCCCCCCCCCCCCC(=O)OCC(COC(=O)CCCCCCCCCCCCCCCCC)OC(=O)CCCCCCCCCCCCCCCCCCCCCCC. The van der Waals surface area contributed by atoms with E-state index in [1.807, 2.05) is 0 Å². The van der Waals surface area contributed by atoms with Crippen molar-refractivity contribution in [2.75, 3.05) is 13.2 Å². The van der Waals surface area contributed by atoms with Crippen molar-refractivity contribution in [2.45, 2.75) is 399 Å². The number of unbranched alkanes of at least 4 members (excludes halogenated alkanes) is 48. The summed E-state index contributed by atoms with van der Waals surface area (Å²) in [4.78, 5) is 38.5. The molecule has 0 amide bonds. The molecule has 6 nitrogen and oxygen atoms in total. The molecular formula is C75H138O6. The summed E-state index contributed by atoms with van der Waals surface area (Å²) < 4.78 is 17.0. The Morgan fingerprint density at radius 2 is 0.481 bits per heavy atom. The van der Waals surface area contributed by atoms with Gasteiger partial charge in [-0.25, -0.2) is 0 Å². The van der Waals surface area contributed by atoms with Gasteiger partial charge in [-0.3, -0.25) is 14.4 Å². The van der Waals surface area contributed by atoms with Gasteiger partial charge in [0.05, 0.1) is 0 Å². The third-order valence-corrected chi connectivity index (χ3v) is 16.3. The molecule has 0 aliphatic heterocycles. The van der Waals surface area contributed by atoms with Gasteiger partial charge in [-0.05, 0) is 57.8 Å². The number of ether oxygens (including phenoxy) is 3. The van der Waals surface area contributed by atoms with Crippen LogP contribution in [0.5, 0.6) is 0 Å². The molecular weight excluding hydrogens is 997 g/mol. The fourth-order valence-corrected chi connectivity index (χ4v) is 11.0. The van der Waals surface area contributed by atoms with E-state index in [0.29, 0.717) is 19.3 Å². The molecule has 0 fully saturated rings. The van der Waals surface area contributed by atoms with Crippen LogP contribution in [-0.2, 0) is 28.6 Å². The van der Waals surface area contributed by atoms with E-state index in [-0.39, 0.29) is 31.1 Å². The van der Waals surface area contributed by atoms with Crippen LogP contribution in [0.2, 0.25) is 0 Å². The highest BCUT2D eigenvalue weighted by Crippen LogP contribution is 2.19. The highest BCUT2D eigenvalue weighted by molar-refractivity contribution is 5.71. The lowest BCUT2D eigenvalue weighted by molar-refractivity contribution is -0.167. The molecule has 0 aliphatic rings. The second kappa shape index (κ2) is 69.9. The average Bonchev–Trinajstić information content (AvgIpc) is 3.47. The minimum atomic E-state index is -0.770. The van der Waals surface area contributed by atoms with Crippen molar-refractivity contribution in [3.8, 4) is 0 Å². The van der Waals surface area contributed by atoms with Gasteiger partial charge in [-0.2, -0.15) is 0 Å². The van der Waals surface area contributed by atoms with E-state index in [9.17, 15) is 14.4 Å². The highest BCUT2D eigenvalue weighted by atomic mass is 16.6. The standard InChI is InChI=1S/C75H138O6/c1-4-7-10-13-16-19-22-25-28-30-32-34-35-36-37-38-39-41-42-44-47-50-53-56-59-62-65-68-74(77)80-71-72(70-79-73(76)67-64-61-58-55-52-49-46-27-24-21-18-15-12-9-6-3)81-75(78)69-66-63-60-57-54-51-48-45-43-40-33-31-29-26-23-20-17-14-11-8-5-2/h7,10,16,19,25,28,32,34,72H,4-6,8-9,11-15,17-18,20-24,26-27,29-31,33,35-71H2,1-3H3/b10-7-,19-16-,28-25-,34-32-. The summed E-state index contributed by atoms with van der Waals surface area (Å²) in [7, 11) is 0. The number of rotatable bonds is 67. The predicted octanol–water partition coefficient (Wildman–Crippen LogP) is 24.9. The van der Waals surface area contributed by atoms with Crippen LogP contribution in [0.3, 0.4) is 0 Å². The van der Waals surface area contributed by atoms with Crippen LogP contribution in [0.25, 0.3) is 0 Å². The zero-order valence-corrected chi connectivity index (χ0v) is 54.6. The molecule has 1 atom stereocenters. The Morgan fingerprint density at radius 3 is 0.753 bits per heavy atom. The molecule has 0 aromatic heterocycles. The first kappa shape index (κ1) is 78.4. The first-order valence-corrected chi connectivity index (χ1v) is 36.1. The minimum Gasteiger partial charge on any atom is -0.462 e. The fourth-order valence-electron chi connectivity index (χ4n) is 11.0. The Bertz CT molecular complexity index is 1400. The van der Waals surface area contributed by atoms with Gasteiger partial charge >= 0.3 is 17.9 Å². The van der Waals surface area contributed by atoms with Gasteiger partial charge in [-0.1, -0.05) is 365 Å². The van der Waals surface area contributed by atoms with Gasteiger partial charge in [0.2, 0.25) is 0 Å². The second-order valence-electron chi connectivity index (χ2n) is 24.5. The third kappa shape index (κ3) is 68.0. The normalized spacial score (nSPS) is 12.3. The summed E-state index contributed by atoms with van der Waals surface area (Å²) in [5.41, 5.74) is 0. The van der Waals surface area contributed by atoms with Gasteiger partial charge in [0.25, 0.3) is 0 Å². The molecule has 0 saturated heterocycles. The number of hydrogen-bond acceptors (Lipinski definition) is 6. The number of hydrogen-bond donors (Lipinski definition) is 0. The monoisotopic (exact) mass is 1140 g/mol. The van der Waals surface area contributed by atoms with Crippen molar-refractivity contribution in [1.82, 2.24) is 0 Å². The maximum absolute atomic E-state index is 13.0. The van der Waals surface area contributed by atoms with Crippen molar-refractivity contribution < 1.29 is 28.6 Å². The molecule has 0 saturated carbocycles.